The molecule has 0 saturated heterocycles. The third kappa shape index (κ3) is 4.84. The fraction of sp³-hybridized carbons (Fsp3) is 0.458. The van der Waals surface area contributed by atoms with Crippen LogP contribution in [0, 0.1) is 17.0 Å². The largest absolute Gasteiger partial charge is 0.469 e. The number of methoxy groups -OCH3 is 1. The molecular formula is C24H27ClF2O4S. The molecule has 8 heteroatoms. The van der Waals surface area contributed by atoms with E-state index in [9.17, 15) is 17.6 Å². The van der Waals surface area contributed by atoms with Crippen LogP contribution < -0.4 is 0 Å². The molecular weight excluding hydrogens is 458 g/mol. The van der Waals surface area contributed by atoms with Crippen molar-refractivity contribution in [2.24, 2.45) is 5.41 Å². The van der Waals surface area contributed by atoms with Gasteiger partial charge in [-0.05, 0) is 80.0 Å². The molecule has 0 spiro atoms. The lowest BCUT2D eigenvalue weighted by Gasteiger charge is -2.46. The first-order valence-electron chi connectivity index (χ1n) is 10.6. The highest BCUT2D eigenvalue weighted by molar-refractivity contribution is 7.92. The number of sulfone groups is 1. The summed E-state index contributed by atoms with van der Waals surface area (Å²) in [7, 11) is -2.79. The summed E-state index contributed by atoms with van der Waals surface area (Å²) >= 11 is 5.94. The predicted octanol–water partition coefficient (Wildman–Crippen LogP) is 6.21. The molecule has 3 rings (SSSR count). The molecule has 1 fully saturated rings. The van der Waals surface area contributed by atoms with Crippen molar-refractivity contribution in [3.8, 4) is 0 Å². The summed E-state index contributed by atoms with van der Waals surface area (Å²) in [5.74, 6) is -1.77. The van der Waals surface area contributed by atoms with Crippen LogP contribution in [-0.4, -0.2) is 21.5 Å². The van der Waals surface area contributed by atoms with Crippen LogP contribution in [0.5, 0.6) is 0 Å². The number of esters is 1. The molecule has 1 saturated carbocycles. The summed E-state index contributed by atoms with van der Waals surface area (Å²) in [5, 5.41) is 0.381. The summed E-state index contributed by atoms with van der Waals surface area (Å²) < 4.78 is 60.3. The van der Waals surface area contributed by atoms with E-state index < -0.39 is 31.6 Å². The first-order chi connectivity index (χ1) is 15.0. The molecule has 32 heavy (non-hydrogen) atoms. The van der Waals surface area contributed by atoms with Crippen molar-refractivity contribution in [2.45, 2.75) is 61.5 Å². The molecule has 1 aliphatic carbocycles. The van der Waals surface area contributed by atoms with E-state index in [1.165, 1.54) is 31.4 Å². The van der Waals surface area contributed by atoms with Crippen molar-refractivity contribution in [2.75, 3.05) is 7.11 Å². The van der Waals surface area contributed by atoms with E-state index in [-0.39, 0.29) is 35.7 Å². The van der Waals surface area contributed by atoms with Crippen molar-refractivity contribution in [1.82, 2.24) is 0 Å². The Balaban J connectivity index is 2.10. The number of rotatable bonds is 7. The molecule has 2 aromatic rings. The van der Waals surface area contributed by atoms with E-state index in [0.29, 0.717) is 24.3 Å². The van der Waals surface area contributed by atoms with Gasteiger partial charge in [-0.3, -0.25) is 4.79 Å². The van der Waals surface area contributed by atoms with Crippen molar-refractivity contribution in [3.63, 3.8) is 0 Å². The average molecular weight is 485 g/mol. The Hall–Kier alpha value is -1.99. The van der Waals surface area contributed by atoms with Gasteiger partial charge < -0.3 is 4.74 Å². The molecule has 2 atom stereocenters. The lowest BCUT2D eigenvalue weighted by molar-refractivity contribution is -0.140. The zero-order valence-electron chi connectivity index (χ0n) is 18.2. The van der Waals surface area contributed by atoms with E-state index in [4.69, 9.17) is 16.3 Å². The molecule has 0 amide bonds. The van der Waals surface area contributed by atoms with Crippen molar-refractivity contribution < 1.29 is 26.7 Å². The zero-order chi connectivity index (χ0) is 23.6. The van der Waals surface area contributed by atoms with Crippen LogP contribution in [0.2, 0.25) is 5.02 Å². The van der Waals surface area contributed by atoms with Gasteiger partial charge in [0.25, 0.3) is 0 Å². The number of ether oxygens (including phenoxy) is 1. The third-order valence-corrected chi connectivity index (χ3v) is 9.26. The second-order valence-corrected chi connectivity index (χ2v) is 11.5. The monoisotopic (exact) mass is 484 g/mol. The van der Waals surface area contributed by atoms with E-state index in [1.54, 1.807) is 0 Å². The molecule has 2 aromatic carbocycles. The molecule has 0 aliphatic heterocycles. The summed E-state index contributed by atoms with van der Waals surface area (Å²) in [6.07, 6.45) is 2.85. The number of carbonyl (C=O) groups excluding carboxylic acids is 1. The molecule has 1 aliphatic rings. The van der Waals surface area contributed by atoms with Crippen LogP contribution in [0.4, 0.5) is 8.78 Å². The Bertz CT molecular complexity index is 1090. The highest BCUT2D eigenvalue weighted by Gasteiger charge is 2.53. The minimum atomic E-state index is -4.11. The standard InChI is InChI=1S/C24H27ClF2O4S/c1-23(12-3-5-22(28)31-2)13-4-14-24(16-23,20-15-18(26)8-11-21(20)27)32(29,30)19-9-6-17(25)7-10-19/h6-11,15H,3-5,12-14,16H2,1-2H3/t23-,24+/m1/s1. The van der Waals surface area contributed by atoms with Gasteiger partial charge in [-0.2, -0.15) is 0 Å². The van der Waals surface area contributed by atoms with Crippen molar-refractivity contribution in [3.05, 3.63) is 64.7 Å². The topological polar surface area (TPSA) is 60.4 Å². The van der Waals surface area contributed by atoms with Gasteiger partial charge in [0.2, 0.25) is 0 Å². The van der Waals surface area contributed by atoms with Gasteiger partial charge in [0.15, 0.2) is 9.84 Å². The number of carbonyl (C=O) groups is 1. The van der Waals surface area contributed by atoms with Gasteiger partial charge in [-0.25, -0.2) is 17.2 Å². The van der Waals surface area contributed by atoms with Gasteiger partial charge in [0.1, 0.15) is 16.4 Å². The van der Waals surface area contributed by atoms with Gasteiger partial charge >= 0.3 is 5.97 Å². The lowest BCUT2D eigenvalue weighted by atomic mass is 9.66. The number of hydrogen-bond donors (Lipinski definition) is 0. The molecule has 0 N–H and O–H groups in total. The maximum Gasteiger partial charge on any atom is 0.305 e. The van der Waals surface area contributed by atoms with Crippen LogP contribution in [0.1, 0.15) is 57.4 Å². The zero-order valence-corrected chi connectivity index (χ0v) is 19.7. The van der Waals surface area contributed by atoms with E-state index in [0.717, 1.165) is 24.6 Å². The van der Waals surface area contributed by atoms with E-state index >= 15 is 4.39 Å². The normalized spacial score (nSPS) is 23.7. The maximum atomic E-state index is 15.1. The summed E-state index contributed by atoms with van der Waals surface area (Å²) in [6.45, 7) is 1.95. The molecule has 0 heterocycles. The second-order valence-electron chi connectivity index (χ2n) is 8.85. The Kier molecular flexibility index (Phi) is 7.30. The van der Waals surface area contributed by atoms with Crippen molar-refractivity contribution in [1.29, 1.82) is 0 Å². The average Bonchev–Trinajstić information content (AvgIpc) is 2.75. The van der Waals surface area contributed by atoms with E-state index in [1.807, 2.05) is 6.92 Å². The SMILES string of the molecule is COC(=O)CCC[C@]1(C)CCC[C@](c2cc(F)ccc2F)(S(=O)(=O)c2ccc(Cl)cc2)C1. The van der Waals surface area contributed by atoms with Gasteiger partial charge in [-0.15, -0.1) is 0 Å². The molecule has 4 nitrogen and oxygen atoms in total. The minimum Gasteiger partial charge on any atom is -0.469 e. The Morgan fingerprint density at radius 1 is 1.12 bits per heavy atom. The second kappa shape index (κ2) is 9.48. The fourth-order valence-corrected chi connectivity index (χ4v) is 7.40. The quantitative estimate of drug-likeness (QED) is 0.438. The highest BCUT2D eigenvalue weighted by Crippen LogP contribution is 2.55. The molecule has 0 bridgehead atoms. The molecule has 0 aromatic heterocycles. The highest BCUT2D eigenvalue weighted by atomic mass is 35.5. The van der Waals surface area contributed by atoms with Gasteiger partial charge in [-0.1, -0.05) is 24.9 Å². The van der Waals surface area contributed by atoms with Crippen LogP contribution in [0.3, 0.4) is 0 Å². The Labute approximate surface area is 192 Å². The predicted molar refractivity (Wildman–Crippen MR) is 119 cm³/mol. The summed E-state index contributed by atoms with van der Waals surface area (Å²) in [4.78, 5) is 11.6. The molecule has 0 radical (unpaired) electrons. The van der Waals surface area contributed by atoms with Crippen LogP contribution in [-0.2, 0) is 24.1 Å². The lowest BCUT2D eigenvalue weighted by Crippen LogP contribution is -2.45. The fourth-order valence-electron chi connectivity index (χ4n) is 4.93. The van der Waals surface area contributed by atoms with Gasteiger partial charge in [0, 0.05) is 17.0 Å². The Morgan fingerprint density at radius 3 is 2.47 bits per heavy atom. The first kappa shape index (κ1) is 24.6. The third-order valence-electron chi connectivity index (χ3n) is 6.52. The minimum absolute atomic E-state index is 0.0179. The smallest absolute Gasteiger partial charge is 0.305 e. The molecule has 174 valence electrons. The maximum absolute atomic E-state index is 15.1. The Morgan fingerprint density at radius 2 is 1.81 bits per heavy atom. The van der Waals surface area contributed by atoms with E-state index in [2.05, 4.69) is 0 Å². The molecule has 0 unspecified atom stereocenters. The summed E-state index contributed by atoms with van der Waals surface area (Å²) in [5.41, 5.74) is -0.629. The number of halogens is 3. The van der Waals surface area contributed by atoms with Crippen LogP contribution in [0.25, 0.3) is 0 Å². The number of benzene rings is 2. The van der Waals surface area contributed by atoms with Crippen LogP contribution >= 0.6 is 11.6 Å². The van der Waals surface area contributed by atoms with Crippen molar-refractivity contribution >= 4 is 27.4 Å². The number of hydrogen-bond acceptors (Lipinski definition) is 4. The van der Waals surface area contributed by atoms with Crippen LogP contribution in [0.15, 0.2) is 47.4 Å². The summed E-state index contributed by atoms with van der Waals surface area (Å²) in [6, 6.07) is 8.72. The van der Waals surface area contributed by atoms with Gasteiger partial charge in [0.05, 0.1) is 12.0 Å². The first-order valence-corrected chi connectivity index (χ1v) is 12.4.